The van der Waals surface area contributed by atoms with Crippen molar-refractivity contribution in [2.24, 2.45) is 5.92 Å². The number of rotatable bonds is 4. The normalized spacial score (nSPS) is 16.7. The van der Waals surface area contributed by atoms with Crippen LogP contribution in [0, 0.1) is 11.7 Å². The first-order valence-electron chi connectivity index (χ1n) is 6.75. The first kappa shape index (κ1) is 13.1. The summed E-state index contributed by atoms with van der Waals surface area (Å²) in [6.07, 6.45) is 7.84. The number of anilines is 1. The third-order valence-electron chi connectivity index (χ3n) is 3.83. The fourth-order valence-corrected chi connectivity index (χ4v) is 2.66. The molecule has 2 nitrogen and oxygen atoms in total. The molecule has 1 saturated carbocycles. The fraction of sp³-hybridized carbons (Fsp3) is 0.533. The van der Waals surface area contributed by atoms with Gasteiger partial charge in [-0.2, -0.15) is 0 Å². The van der Waals surface area contributed by atoms with Crippen molar-refractivity contribution in [3.63, 3.8) is 0 Å². The molecule has 0 heterocycles. The Balaban J connectivity index is 1.88. The minimum atomic E-state index is -0.501. The third kappa shape index (κ3) is 3.31. The summed E-state index contributed by atoms with van der Waals surface area (Å²) in [5.74, 6) is 0.208. The first-order chi connectivity index (χ1) is 8.66. The minimum absolute atomic E-state index is 0.0273. The number of carbonyl (C=O) groups is 1. The van der Waals surface area contributed by atoms with E-state index in [1.807, 2.05) is 0 Å². The van der Waals surface area contributed by atoms with E-state index in [0.29, 0.717) is 17.9 Å². The second-order valence-electron chi connectivity index (χ2n) is 5.20. The molecule has 18 heavy (non-hydrogen) atoms. The lowest BCUT2D eigenvalue weighted by Crippen LogP contribution is -2.09. The highest BCUT2D eigenvalue weighted by molar-refractivity contribution is 5.96. The number of carbonyl (C=O) groups excluding carboxylic acids is 1. The molecule has 1 aromatic rings. The molecule has 0 radical (unpaired) electrons. The first-order valence-corrected chi connectivity index (χ1v) is 6.75. The van der Waals surface area contributed by atoms with Crippen LogP contribution >= 0.6 is 0 Å². The van der Waals surface area contributed by atoms with Crippen molar-refractivity contribution in [3.05, 3.63) is 29.6 Å². The zero-order valence-electron chi connectivity index (χ0n) is 10.6. The van der Waals surface area contributed by atoms with Crippen LogP contribution < -0.4 is 5.73 Å². The van der Waals surface area contributed by atoms with Gasteiger partial charge in [0.1, 0.15) is 5.82 Å². The third-order valence-corrected chi connectivity index (χ3v) is 3.83. The number of Topliss-reactive ketones (excluding diaryl/α,β-unsaturated/α-hetero) is 1. The standard InChI is InChI=1S/C15H20FNO/c16-13-10-12(7-8-14(13)17)15(18)9-6-11-4-2-1-3-5-11/h7-8,10-11H,1-6,9,17H2. The van der Waals surface area contributed by atoms with Crippen LogP contribution in [0.2, 0.25) is 0 Å². The Morgan fingerprint density at radius 3 is 2.67 bits per heavy atom. The zero-order chi connectivity index (χ0) is 13.0. The Morgan fingerprint density at radius 1 is 1.28 bits per heavy atom. The number of hydrogen-bond donors (Lipinski definition) is 1. The average Bonchev–Trinajstić information content (AvgIpc) is 2.40. The summed E-state index contributed by atoms with van der Waals surface area (Å²) in [5, 5.41) is 0. The Hall–Kier alpha value is -1.38. The van der Waals surface area contributed by atoms with Crippen LogP contribution in [-0.2, 0) is 0 Å². The van der Waals surface area contributed by atoms with Gasteiger partial charge < -0.3 is 5.73 Å². The van der Waals surface area contributed by atoms with Crippen molar-refractivity contribution in [2.75, 3.05) is 5.73 Å². The smallest absolute Gasteiger partial charge is 0.162 e. The lowest BCUT2D eigenvalue weighted by molar-refractivity contribution is 0.0970. The summed E-state index contributed by atoms with van der Waals surface area (Å²) in [5.41, 5.74) is 5.93. The largest absolute Gasteiger partial charge is 0.396 e. The van der Waals surface area contributed by atoms with Crippen LogP contribution in [0.5, 0.6) is 0 Å². The summed E-state index contributed by atoms with van der Waals surface area (Å²) < 4.78 is 13.3. The van der Waals surface area contributed by atoms with E-state index in [-0.39, 0.29) is 11.5 Å². The van der Waals surface area contributed by atoms with Crippen molar-refractivity contribution < 1.29 is 9.18 Å². The number of ketones is 1. The number of halogens is 1. The van der Waals surface area contributed by atoms with Crippen LogP contribution in [0.25, 0.3) is 0 Å². The molecule has 0 unspecified atom stereocenters. The molecule has 0 aliphatic heterocycles. The summed E-state index contributed by atoms with van der Waals surface area (Å²) in [6, 6.07) is 4.32. The highest BCUT2D eigenvalue weighted by Gasteiger charge is 2.16. The van der Waals surface area contributed by atoms with Gasteiger partial charge in [0, 0.05) is 12.0 Å². The predicted octanol–water partition coefficient (Wildman–Crippen LogP) is 3.95. The molecule has 1 aromatic carbocycles. The van der Waals surface area contributed by atoms with Crippen molar-refractivity contribution in [1.29, 1.82) is 0 Å². The molecular weight excluding hydrogens is 229 g/mol. The average molecular weight is 249 g/mol. The van der Waals surface area contributed by atoms with Crippen LogP contribution in [0.3, 0.4) is 0 Å². The maximum Gasteiger partial charge on any atom is 0.162 e. The summed E-state index contributed by atoms with van der Waals surface area (Å²) in [6.45, 7) is 0. The van der Waals surface area contributed by atoms with E-state index in [1.54, 1.807) is 6.07 Å². The molecule has 0 spiro atoms. The molecule has 1 aliphatic rings. The van der Waals surface area contributed by atoms with E-state index in [9.17, 15) is 9.18 Å². The zero-order valence-corrected chi connectivity index (χ0v) is 10.6. The number of nitrogens with two attached hydrogens (primary N) is 1. The molecular formula is C15H20FNO. The Morgan fingerprint density at radius 2 is 2.00 bits per heavy atom. The molecule has 1 fully saturated rings. The topological polar surface area (TPSA) is 43.1 Å². The van der Waals surface area contributed by atoms with Gasteiger partial charge in [0.05, 0.1) is 5.69 Å². The van der Waals surface area contributed by atoms with E-state index < -0.39 is 5.82 Å². The van der Waals surface area contributed by atoms with E-state index in [1.165, 1.54) is 44.2 Å². The summed E-state index contributed by atoms with van der Waals surface area (Å²) >= 11 is 0. The highest BCUT2D eigenvalue weighted by atomic mass is 19.1. The molecule has 0 bridgehead atoms. The second kappa shape index (κ2) is 5.98. The Bertz CT molecular complexity index is 425. The van der Waals surface area contributed by atoms with Gasteiger partial charge in [-0.1, -0.05) is 32.1 Å². The summed E-state index contributed by atoms with van der Waals surface area (Å²) in [4.78, 5) is 11.9. The van der Waals surface area contributed by atoms with Crippen molar-refractivity contribution in [2.45, 2.75) is 44.9 Å². The minimum Gasteiger partial charge on any atom is -0.396 e. The van der Waals surface area contributed by atoms with Crippen LogP contribution in [0.4, 0.5) is 10.1 Å². The van der Waals surface area contributed by atoms with Gasteiger partial charge >= 0.3 is 0 Å². The van der Waals surface area contributed by atoms with Gasteiger partial charge in [-0.25, -0.2) is 4.39 Å². The van der Waals surface area contributed by atoms with Crippen LogP contribution in [0.15, 0.2) is 18.2 Å². The van der Waals surface area contributed by atoms with E-state index in [4.69, 9.17) is 5.73 Å². The van der Waals surface area contributed by atoms with Gasteiger partial charge in [-0.15, -0.1) is 0 Å². The van der Waals surface area contributed by atoms with Gasteiger partial charge in [0.2, 0.25) is 0 Å². The lowest BCUT2D eigenvalue weighted by atomic mass is 9.85. The van der Waals surface area contributed by atoms with E-state index >= 15 is 0 Å². The van der Waals surface area contributed by atoms with Gasteiger partial charge in [-0.05, 0) is 30.5 Å². The van der Waals surface area contributed by atoms with Crippen molar-refractivity contribution in [3.8, 4) is 0 Å². The molecule has 3 heteroatoms. The molecule has 2 N–H and O–H groups in total. The van der Waals surface area contributed by atoms with Gasteiger partial charge in [-0.3, -0.25) is 4.79 Å². The monoisotopic (exact) mass is 249 g/mol. The number of nitrogen functional groups attached to an aromatic ring is 1. The van der Waals surface area contributed by atoms with Gasteiger partial charge in [0.15, 0.2) is 5.78 Å². The molecule has 0 saturated heterocycles. The van der Waals surface area contributed by atoms with Crippen molar-refractivity contribution in [1.82, 2.24) is 0 Å². The van der Waals surface area contributed by atoms with Crippen LogP contribution in [-0.4, -0.2) is 5.78 Å². The van der Waals surface area contributed by atoms with E-state index in [0.717, 1.165) is 6.42 Å². The van der Waals surface area contributed by atoms with Crippen LogP contribution in [0.1, 0.15) is 55.3 Å². The highest BCUT2D eigenvalue weighted by Crippen LogP contribution is 2.28. The predicted molar refractivity (Wildman–Crippen MR) is 71.0 cm³/mol. The molecule has 0 amide bonds. The molecule has 0 aromatic heterocycles. The quantitative estimate of drug-likeness (QED) is 0.648. The molecule has 2 rings (SSSR count). The number of benzene rings is 1. The lowest BCUT2D eigenvalue weighted by Gasteiger charge is -2.20. The maximum absolute atomic E-state index is 13.3. The fourth-order valence-electron chi connectivity index (χ4n) is 2.66. The number of hydrogen-bond acceptors (Lipinski definition) is 2. The SMILES string of the molecule is Nc1ccc(C(=O)CCC2CCCCC2)cc1F. The van der Waals surface area contributed by atoms with Gasteiger partial charge in [0.25, 0.3) is 0 Å². The van der Waals surface area contributed by atoms with E-state index in [2.05, 4.69) is 0 Å². The molecule has 98 valence electrons. The Labute approximate surface area is 107 Å². The second-order valence-corrected chi connectivity index (χ2v) is 5.20. The van der Waals surface area contributed by atoms with Crippen molar-refractivity contribution >= 4 is 11.5 Å². The molecule has 1 aliphatic carbocycles. The maximum atomic E-state index is 13.3. The molecule has 0 atom stereocenters. The summed E-state index contributed by atoms with van der Waals surface area (Å²) in [7, 11) is 0. The Kier molecular flexibility index (Phi) is 4.34.